The lowest BCUT2D eigenvalue weighted by molar-refractivity contribution is 1.16. The van der Waals surface area contributed by atoms with Crippen LogP contribution in [0, 0.1) is 6.92 Å². The lowest BCUT2D eigenvalue weighted by Gasteiger charge is -2.11. The van der Waals surface area contributed by atoms with E-state index in [-0.39, 0.29) is 24.8 Å². The van der Waals surface area contributed by atoms with E-state index < -0.39 is 0 Å². The van der Waals surface area contributed by atoms with Crippen LogP contribution in [0.15, 0.2) is 53.2 Å². The third-order valence-electron chi connectivity index (χ3n) is 3.72. The molecule has 5 N–H and O–H groups in total. The Morgan fingerprint density at radius 1 is 0.958 bits per heavy atom. The van der Waals surface area contributed by atoms with Crippen LogP contribution in [-0.2, 0) is 6.54 Å². The molecule has 6 heteroatoms. The second kappa shape index (κ2) is 8.83. The summed E-state index contributed by atoms with van der Waals surface area (Å²) in [6, 6.07) is 13.9. The van der Waals surface area contributed by atoms with Crippen LogP contribution in [0.25, 0.3) is 11.1 Å². The van der Waals surface area contributed by atoms with Crippen molar-refractivity contribution in [1.82, 2.24) is 0 Å². The summed E-state index contributed by atoms with van der Waals surface area (Å²) < 4.78 is 0. The average Bonchev–Trinajstić information content (AvgIpc) is 2.97. The van der Waals surface area contributed by atoms with Crippen molar-refractivity contribution < 1.29 is 0 Å². The number of rotatable bonds is 4. The van der Waals surface area contributed by atoms with E-state index >= 15 is 0 Å². The Hall–Kier alpha value is -1.88. The normalized spacial score (nSPS) is 9.71. The number of nitrogen functional groups attached to an aromatic ring is 2. The van der Waals surface area contributed by atoms with E-state index in [1.165, 1.54) is 11.1 Å². The first kappa shape index (κ1) is 20.2. The molecule has 3 nitrogen and oxygen atoms in total. The highest BCUT2D eigenvalue weighted by Gasteiger charge is 2.10. The van der Waals surface area contributed by atoms with Gasteiger partial charge in [0.05, 0.1) is 0 Å². The molecular weight excluding hydrogens is 361 g/mol. The molecule has 24 heavy (non-hydrogen) atoms. The fourth-order valence-electron chi connectivity index (χ4n) is 2.47. The van der Waals surface area contributed by atoms with E-state index in [0.29, 0.717) is 0 Å². The van der Waals surface area contributed by atoms with Crippen LogP contribution in [0.3, 0.4) is 0 Å². The first-order valence-corrected chi connectivity index (χ1v) is 8.09. The average molecular weight is 382 g/mol. The van der Waals surface area contributed by atoms with Gasteiger partial charge in [-0.25, -0.2) is 0 Å². The van der Waals surface area contributed by atoms with Gasteiger partial charge in [0.1, 0.15) is 0 Å². The van der Waals surface area contributed by atoms with Crippen molar-refractivity contribution in [2.45, 2.75) is 13.5 Å². The van der Waals surface area contributed by atoms with Gasteiger partial charge in [-0.2, -0.15) is 11.3 Å². The standard InChI is InChI=1S/C18H19N3S.2ClH/c1-12-4-2-3-5-18(12)21-9-13-10-22-11-16(13)15-8-14(19)6-7-17(15)20;;/h2-8,10-11,21H,9,19-20H2,1H3;2*1H. The smallest absolute Gasteiger partial charge is 0.0415 e. The van der Waals surface area contributed by atoms with Crippen LogP contribution in [0.2, 0.25) is 0 Å². The summed E-state index contributed by atoms with van der Waals surface area (Å²) in [6.07, 6.45) is 0. The highest BCUT2D eigenvalue weighted by Crippen LogP contribution is 2.33. The molecule has 128 valence electrons. The van der Waals surface area contributed by atoms with Gasteiger partial charge in [0.15, 0.2) is 0 Å². The predicted octanol–water partition coefficient (Wildman–Crippen LogP) is 5.34. The fourth-order valence-corrected chi connectivity index (χ4v) is 3.32. The van der Waals surface area contributed by atoms with E-state index in [2.05, 4.69) is 35.1 Å². The van der Waals surface area contributed by atoms with E-state index in [9.17, 15) is 0 Å². The largest absolute Gasteiger partial charge is 0.399 e. The lowest BCUT2D eigenvalue weighted by Crippen LogP contribution is -2.02. The Kier molecular flexibility index (Phi) is 7.42. The van der Waals surface area contributed by atoms with Gasteiger partial charge in [-0.3, -0.25) is 0 Å². The predicted molar refractivity (Wildman–Crippen MR) is 112 cm³/mol. The molecule has 0 atom stereocenters. The molecule has 1 aromatic heterocycles. The molecule has 3 aromatic rings. The minimum Gasteiger partial charge on any atom is -0.399 e. The zero-order chi connectivity index (χ0) is 15.5. The van der Waals surface area contributed by atoms with Crippen LogP contribution in [0.5, 0.6) is 0 Å². The van der Waals surface area contributed by atoms with Crippen LogP contribution in [0.4, 0.5) is 17.1 Å². The van der Waals surface area contributed by atoms with Crippen molar-refractivity contribution in [1.29, 1.82) is 0 Å². The van der Waals surface area contributed by atoms with Gasteiger partial charge in [0, 0.05) is 29.2 Å². The maximum atomic E-state index is 6.11. The summed E-state index contributed by atoms with van der Waals surface area (Å²) in [5.41, 5.74) is 19.3. The number of hydrogen-bond acceptors (Lipinski definition) is 4. The Labute approximate surface area is 158 Å². The minimum atomic E-state index is 0. The van der Waals surface area contributed by atoms with Crippen molar-refractivity contribution in [2.24, 2.45) is 0 Å². The lowest BCUT2D eigenvalue weighted by atomic mass is 10.0. The van der Waals surface area contributed by atoms with Gasteiger partial charge in [-0.15, -0.1) is 24.8 Å². The summed E-state index contributed by atoms with van der Waals surface area (Å²) in [5, 5.41) is 7.78. The van der Waals surface area contributed by atoms with Gasteiger partial charge in [-0.05, 0) is 58.6 Å². The summed E-state index contributed by atoms with van der Waals surface area (Å²) >= 11 is 1.68. The summed E-state index contributed by atoms with van der Waals surface area (Å²) in [6.45, 7) is 2.87. The molecule has 0 amide bonds. The summed E-state index contributed by atoms with van der Waals surface area (Å²) in [4.78, 5) is 0. The van der Waals surface area contributed by atoms with Crippen molar-refractivity contribution in [3.8, 4) is 11.1 Å². The van der Waals surface area contributed by atoms with E-state index in [0.717, 1.165) is 34.7 Å². The number of halogens is 2. The zero-order valence-electron chi connectivity index (χ0n) is 13.3. The van der Waals surface area contributed by atoms with Gasteiger partial charge >= 0.3 is 0 Å². The van der Waals surface area contributed by atoms with Crippen LogP contribution >= 0.6 is 36.2 Å². The van der Waals surface area contributed by atoms with Gasteiger partial charge < -0.3 is 16.8 Å². The molecule has 2 aromatic carbocycles. The Morgan fingerprint density at radius 2 is 1.71 bits per heavy atom. The second-order valence-electron chi connectivity index (χ2n) is 5.33. The molecule has 0 aliphatic rings. The summed E-state index contributed by atoms with van der Waals surface area (Å²) in [5.74, 6) is 0. The Bertz CT molecular complexity index is 802. The van der Waals surface area contributed by atoms with Crippen molar-refractivity contribution in [3.05, 3.63) is 64.4 Å². The Balaban J connectivity index is 0.00000144. The number of aryl methyl sites for hydroxylation is 1. The van der Waals surface area contributed by atoms with Crippen LogP contribution in [0.1, 0.15) is 11.1 Å². The molecule has 0 aliphatic heterocycles. The maximum absolute atomic E-state index is 6.11. The van der Waals surface area contributed by atoms with Gasteiger partial charge in [0.2, 0.25) is 0 Å². The van der Waals surface area contributed by atoms with Crippen molar-refractivity contribution in [3.63, 3.8) is 0 Å². The molecule has 0 unspecified atom stereocenters. The molecule has 0 saturated heterocycles. The highest BCUT2D eigenvalue weighted by atomic mass is 35.5. The molecule has 0 bridgehead atoms. The number of anilines is 3. The maximum Gasteiger partial charge on any atom is 0.0415 e. The zero-order valence-corrected chi connectivity index (χ0v) is 15.7. The number of para-hydroxylation sites is 1. The van der Waals surface area contributed by atoms with E-state index in [1.54, 1.807) is 11.3 Å². The first-order chi connectivity index (χ1) is 10.6. The molecule has 1 heterocycles. The molecule has 3 rings (SSSR count). The number of benzene rings is 2. The molecule has 0 saturated carbocycles. The number of nitrogens with two attached hydrogens (primary N) is 2. The molecule has 0 spiro atoms. The van der Waals surface area contributed by atoms with Gasteiger partial charge in [0.25, 0.3) is 0 Å². The number of nitrogens with one attached hydrogen (secondary N) is 1. The molecule has 0 fully saturated rings. The quantitative estimate of drug-likeness (QED) is 0.534. The van der Waals surface area contributed by atoms with Crippen molar-refractivity contribution >= 4 is 53.2 Å². The Morgan fingerprint density at radius 3 is 2.46 bits per heavy atom. The second-order valence-corrected chi connectivity index (χ2v) is 6.07. The molecular formula is C18H21Cl2N3S. The van der Waals surface area contributed by atoms with E-state index in [1.807, 2.05) is 30.3 Å². The van der Waals surface area contributed by atoms with E-state index in [4.69, 9.17) is 11.5 Å². The topological polar surface area (TPSA) is 64.1 Å². The first-order valence-electron chi connectivity index (χ1n) is 7.15. The van der Waals surface area contributed by atoms with Crippen LogP contribution in [-0.4, -0.2) is 0 Å². The van der Waals surface area contributed by atoms with Crippen molar-refractivity contribution in [2.75, 3.05) is 16.8 Å². The summed E-state index contributed by atoms with van der Waals surface area (Å²) in [7, 11) is 0. The van der Waals surface area contributed by atoms with Gasteiger partial charge in [-0.1, -0.05) is 18.2 Å². The minimum absolute atomic E-state index is 0. The third kappa shape index (κ3) is 4.35. The fraction of sp³-hybridized carbons (Fsp3) is 0.111. The third-order valence-corrected chi connectivity index (χ3v) is 4.52. The molecule has 0 aliphatic carbocycles. The highest BCUT2D eigenvalue weighted by molar-refractivity contribution is 7.08. The monoisotopic (exact) mass is 381 g/mol. The molecule has 0 radical (unpaired) electrons. The SMILES string of the molecule is Cc1ccccc1NCc1cscc1-c1cc(N)ccc1N.Cl.Cl. The number of thiophene rings is 1. The van der Waals surface area contributed by atoms with Crippen LogP contribution < -0.4 is 16.8 Å². The number of hydrogen-bond donors (Lipinski definition) is 3.